The summed E-state index contributed by atoms with van der Waals surface area (Å²) in [4.78, 5) is 18.1. The van der Waals surface area contributed by atoms with Crippen molar-refractivity contribution in [1.82, 2.24) is 19.8 Å². The molecule has 1 amide bonds. The number of rotatable bonds is 4. The second-order valence-electron chi connectivity index (χ2n) is 4.86. The van der Waals surface area contributed by atoms with Crippen LogP contribution in [0, 0.1) is 5.92 Å². The zero-order chi connectivity index (χ0) is 12.3. The highest BCUT2D eigenvalue weighted by Crippen LogP contribution is 2.19. The minimum Gasteiger partial charge on any atom is -0.355 e. The molecule has 1 aromatic heterocycles. The van der Waals surface area contributed by atoms with Crippen molar-refractivity contribution in [1.29, 1.82) is 0 Å². The minimum absolute atomic E-state index is 0.112. The quantitative estimate of drug-likeness (QED) is 0.808. The number of carbonyl (C=O) groups is 1. The van der Waals surface area contributed by atoms with Crippen molar-refractivity contribution in [3.63, 3.8) is 0 Å². The van der Waals surface area contributed by atoms with E-state index in [4.69, 9.17) is 0 Å². The zero-order valence-electron chi connectivity index (χ0n) is 10.5. The van der Waals surface area contributed by atoms with Gasteiger partial charge in [0, 0.05) is 43.9 Å². The fourth-order valence-corrected chi connectivity index (χ4v) is 2.14. The number of hydrogen-bond donors (Lipinski definition) is 1. The number of nitrogens with zero attached hydrogens (tertiary/aromatic N) is 3. The highest BCUT2D eigenvalue weighted by atomic mass is 16.1. The van der Waals surface area contributed by atoms with Gasteiger partial charge in [0.05, 0.1) is 6.33 Å². The van der Waals surface area contributed by atoms with Gasteiger partial charge in [-0.15, -0.1) is 0 Å². The van der Waals surface area contributed by atoms with E-state index >= 15 is 0 Å². The summed E-state index contributed by atoms with van der Waals surface area (Å²) >= 11 is 0. The standard InChI is InChI=1S/C12H20N4O/c1-15(2)6-4-14-12(17)10-3-5-16-9-13-8-11(16)7-10/h8-10H,3-7H2,1-2H3,(H,14,17). The number of carbonyl (C=O) groups excluding carboxylic acids is 1. The molecule has 1 unspecified atom stereocenters. The van der Waals surface area contributed by atoms with Crippen molar-refractivity contribution in [3.8, 4) is 0 Å². The third kappa shape index (κ3) is 3.06. The maximum atomic E-state index is 12.0. The molecule has 2 heterocycles. The van der Waals surface area contributed by atoms with Gasteiger partial charge in [-0.1, -0.05) is 0 Å². The first-order valence-electron chi connectivity index (χ1n) is 6.08. The van der Waals surface area contributed by atoms with Crippen LogP contribution in [0.3, 0.4) is 0 Å². The lowest BCUT2D eigenvalue weighted by molar-refractivity contribution is -0.125. The molecule has 0 spiro atoms. The molecule has 0 saturated heterocycles. The Morgan fingerprint density at radius 1 is 1.65 bits per heavy atom. The van der Waals surface area contributed by atoms with Gasteiger partial charge in [-0.3, -0.25) is 4.79 Å². The van der Waals surface area contributed by atoms with Crippen LogP contribution in [0.1, 0.15) is 12.1 Å². The predicted molar refractivity (Wildman–Crippen MR) is 65.6 cm³/mol. The van der Waals surface area contributed by atoms with Gasteiger partial charge >= 0.3 is 0 Å². The van der Waals surface area contributed by atoms with Crippen molar-refractivity contribution in [2.24, 2.45) is 5.92 Å². The zero-order valence-corrected chi connectivity index (χ0v) is 10.5. The Labute approximate surface area is 102 Å². The van der Waals surface area contributed by atoms with Gasteiger partial charge in [-0.2, -0.15) is 0 Å². The first-order chi connectivity index (χ1) is 8.16. The number of imidazole rings is 1. The summed E-state index contributed by atoms with van der Waals surface area (Å²) in [5.41, 5.74) is 1.17. The number of fused-ring (bicyclic) bond motifs is 1. The predicted octanol–water partition coefficient (Wildman–Crippen LogP) is 0.123. The van der Waals surface area contributed by atoms with E-state index in [-0.39, 0.29) is 11.8 Å². The molecule has 0 fully saturated rings. The molecule has 1 aliphatic rings. The molecule has 0 aliphatic carbocycles. The Morgan fingerprint density at radius 3 is 3.24 bits per heavy atom. The Bertz CT molecular complexity index is 386. The Balaban J connectivity index is 1.82. The molecular formula is C12H20N4O. The van der Waals surface area contributed by atoms with Gasteiger partial charge < -0.3 is 14.8 Å². The van der Waals surface area contributed by atoms with Gasteiger partial charge in [0.2, 0.25) is 5.91 Å². The third-order valence-electron chi connectivity index (χ3n) is 3.20. The molecule has 1 aliphatic heterocycles. The fraction of sp³-hybridized carbons (Fsp3) is 0.667. The molecule has 2 rings (SSSR count). The lowest BCUT2D eigenvalue weighted by atomic mass is 9.95. The number of aryl methyl sites for hydroxylation is 1. The summed E-state index contributed by atoms with van der Waals surface area (Å²) in [5, 5.41) is 3.00. The molecule has 1 atom stereocenters. The van der Waals surface area contributed by atoms with Crippen molar-refractivity contribution in [3.05, 3.63) is 18.2 Å². The molecule has 0 aromatic carbocycles. The lowest BCUT2D eigenvalue weighted by Gasteiger charge is -2.23. The Hall–Kier alpha value is -1.36. The number of nitrogens with one attached hydrogen (secondary N) is 1. The van der Waals surface area contributed by atoms with Gasteiger partial charge in [-0.05, 0) is 20.5 Å². The molecule has 0 bridgehead atoms. The number of aromatic nitrogens is 2. The number of amides is 1. The summed E-state index contributed by atoms with van der Waals surface area (Å²) in [7, 11) is 4.01. The topological polar surface area (TPSA) is 50.2 Å². The van der Waals surface area contributed by atoms with E-state index in [9.17, 15) is 4.79 Å². The molecule has 17 heavy (non-hydrogen) atoms. The largest absolute Gasteiger partial charge is 0.355 e. The molecule has 5 nitrogen and oxygen atoms in total. The van der Waals surface area contributed by atoms with E-state index < -0.39 is 0 Å². The van der Waals surface area contributed by atoms with Crippen LogP contribution < -0.4 is 5.32 Å². The van der Waals surface area contributed by atoms with Crippen molar-refractivity contribution in [2.45, 2.75) is 19.4 Å². The van der Waals surface area contributed by atoms with Crippen molar-refractivity contribution in [2.75, 3.05) is 27.2 Å². The second-order valence-corrected chi connectivity index (χ2v) is 4.86. The average molecular weight is 236 g/mol. The molecule has 5 heteroatoms. The monoisotopic (exact) mass is 236 g/mol. The highest BCUT2D eigenvalue weighted by Gasteiger charge is 2.24. The van der Waals surface area contributed by atoms with E-state index in [1.54, 1.807) is 0 Å². The number of hydrogen-bond acceptors (Lipinski definition) is 3. The van der Waals surface area contributed by atoms with E-state index in [2.05, 4.69) is 19.8 Å². The van der Waals surface area contributed by atoms with Crippen LogP contribution >= 0.6 is 0 Å². The van der Waals surface area contributed by atoms with Crippen LogP contribution in [-0.4, -0.2) is 47.5 Å². The smallest absolute Gasteiger partial charge is 0.223 e. The van der Waals surface area contributed by atoms with E-state index in [1.807, 2.05) is 26.6 Å². The van der Waals surface area contributed by atoms with E-state index in [0.717, 1.165) is 32.5 Å². The number of likely N-dealkylation sites (N-methyl/N-ethyl adjacent to an activating group) is 1. The highest BCUT2D eigenvalue weighted by molar-refractivity contribution is 5.79. The maximum absolute atomic E-state index is 12.0. The van der Waals surface area contributed by atoms with Crippen LogP contribution in [-0.2, 0) is 17.8 Å². The lowest BCUT2D eigenvalue weighted by Crippen LogP contribution is -2.38. The molecule has 0 saturated carbocycles. The summed E-state index contributed by atoms with van der Waals surface area (Å²) in [6.45, 7) is 2.51. The molecule has 0 radical (unpaired) electrons. The van der Waals surface area contributed by atoms with Crippen LogP contribution in [0.2, 0.25) is 0 Å². The van der Waals surface area contributed by atoms with Crippen LogP contribution in [0.5, 0.6) is 0 Å². The van der Waals surface area contributed by atoms with Gasteiger partial charge in [0.25, 0.3) is 0 Å². The van der Waals surface area contributed by atoms with Gasteiger partial charge in [0.1, 0.15) is 0 Å². The Morgan fingerprint density at radius 2 is 2.47 bits per heavy atom. The average Bonchev–Trinajstić information content (AvgIpc) is 2.75. The van der Waals surface area contributed by atoms with Crippen LogP contribution in [0.15, 0.2) is 12.5 Å². The first kappa shape index (κ1) is 12.1. The Kier molecular flexibility index (Phi) is 3.78. The second kappa shape index (κ2) is 5.31. The third-order valence-corrected chi connectivity index (χ3v) is 3.20. The summed E-state index contributed by atoms with van der Waals surface area (Å²) in [6, 6.07) is 0. The fourth-order valence-electron chi connectivity index (χ4n) is 2.14. The summed E-state index contributed by atoms with van der Waals surface area (Å²) in [5.74, 6) is 0.292. The van der Waals surface area contributed by atoms with Crippen molar-refractivity contribution >= 4 is 5.91 Å². The van der Waals surface area contributed by atoms with Crippen LogP contribution in [0.4, 0.5) is 0 Å². The van der Waals surface area contributed by atoms with E-state index in [1.165, 1.54) is 5.69 Å². The van der Waals surface area contributed by atoms with Crippen molar-refractivity contribution < 1.29 is 4.79 Å². The summed E-state index contributed by atoms with van der Waals surface area (Å²) < 4.78 is 2.13. The normalized spacial score (nSPS) is 19.1. The van der Waals surface area contributed by atoms with Crippen LogP contribution in [0.25, 0.3) is 0 Å². The SMILES string of the molecule is CN(C)CCNC(=O)C1CCn2cncc2C1. The molecule has 1 N–H and O–H groups in total. The molecule has 94 valence electrons. The minimum atomic E-state index is 0.112. The molecular weight excluding hydrogens is 216 g/mol. The van der Waals surface area contributed by atoms with Gasteiger partial charge in [-0.25, -0.2) is 4.98 Å². The molecule has 1 aromatic rings. The maximum Gasteiger partial charge on any atom is 0.223 e. The first-order valence-corrected chi connectivity index (χ1v) is 6.08. The van der Waals surface area contributed by atoms with E-state index in [0.29, 0.717) is 0 Å². The summed E-state index contributed by atoms with van der Waals surface area (Å²) in [6.07, 6.45) is 5.43. The van der Waals surface area contributed by atoms with Gasteiger partial charge in [0.15, 0.2) is 0 Å².